The molecule has 40 heavy (non-hydrogen) atoms. The molecule has 0 atom stereocenters. The maximum Gasteiger partial charge on any atom is 0.324 e. The standard InChI is InChI=1S/C30H25FN4O5/c1-18-24-13-15-27(36)35(28(24)34-30(33-18)40-23-11-7-21(31)8-12-23)22-9-5-20(6-10-22)29(37)32-17-19-4-14-25(38-2)26(16-19)39-3/h4-16H,17H2,1-3H3,(H,32,37). The first-order valence-corrected chi connectivity index (χ1v) is 12.3. The van der Waals surface area contributed by atoms with E-state index in [1.54, 1.807) is 63.6 Å². The molecule has 0 spiro atoms. The van der Waals surface area contributed by atoms with Gasteiger partial charge < -0.3 is 19.5 Å². The summed E-state index contributed by atoms with van der Waals surface area (Å²) in [6.45, 7) is 2.07. The largest absolute Gasteiger partial charge is 0.493 e. The first-order valence-electron chi connectivity index (χ1n) is 12.3. The number of carbonyl (C=O) groups excluding carboxylic acids is 1. The van der Waals surface area contributed by atoms with E-state index >= 15 is 0 Å². The quantitative estimate of drug-likeness (QED) is 0.296. The average molecular weight is 541 g/mol. The monoisotopic (exact) mass is 540 g/mol. The summed E-state index contributed by atoms with van der Waals surface area (Å²) in [7, 11) is 3.11. The Morgan fingerprint density at radius 2 is 1.62 bits per heavy atom. The van der Waals surface area contributed by atoms with E-state index in [9.17, 15) is 14.0 Å². The second-order valence-electron chi connectivity index (χ2n) is 8.81. The van der Waals surface area contributed by atoms with Crippen molar-refractivity contribution in [1.29, 1.82) is 0 Å². The molecule has 2 heterocycles. The molecule has 0 aliphatic carbocycles. The van der Waals surface area contributed by atoms with Crippen LogP contribution in [0.3, 0.4) is 0 Å². The van der Waals surface area contributed by atoms with Crippen LogP contribution in [0, 0.1) is 12.7 Å². The zero-order chi connectivity index (χ0) is 28.2. The lowest BCUT2D eigenvalue weighted by atomic mass is 10.1. The van der Waals surface area contributed by atoms with Crippen LogP contribution in [-0.2, 0) is 6.54 Å². The molecule has 0 unspecified atom stereocenters. The Labute approximate surface area is 228 Å². The molecule has 5 rings (SSSR count). The fraction of sp³-hybridized carbons (Fsp3) is 0.133. The number of halogens is 1. The minimum Gasteiger partial charge on any atom is -0.493 e. The predicted octanol–water partition coefficient (Wildman–Crippen LogP) is 4.97. The summed E-state index contributed by atoms with van der Waals surface area (Å²) in [5.74, 6) is 0.860. The van der Waals surface area contributed by atoms with Crippen molar-refractivity contribution in [2.24, 2.45) is 0 Å². The Hall–Kier alpha value is -5.25. The molecule has 10 heteroatoms. The summed E-state index contributed by atoms with van der Waals surface area (Å²) < 4.78 is 31.0. The third-order valence-corrected chi connectivity index (χ3v) is 6.23. The van der Waals surface area contributed by atoms with Crippen molar-refractivity contribution in [3.05, 3.63) is 112 Å². The van der Waals surface area contributed by atoms with Crippen molar-refractivity contribution in [3.8, 4) is 28.9 Å². The van der Waals surface area contributed by atoms with Gasteiger partial charge in [0.2, 0.25) is 0 Å². The van der Waals surface area contributed by atoms with Gasteiger partial charge in [0, 0.05) is 23.6 Å². The number of rotatable bonds is 8. The number of aromatic nitrogens is 3. The van der Waals surface area contributed by atoms with Crippen LogP contribution in [0.5, 0.6) is 23.3 Å². The molecule has 0 saturated heterocycles. The second kappa shape index (κ2) is 11.2. The number of nitrogens with one attached hydrogen (secondary N) is 1. The van der Waals surface area contributed by atoms with Crippen molar-refractivity contribution in [3.63, 3.8) is 0 Å². The summed E-state index contributed by atoms with van der Waals surface area (Å²) in [6.07, 6.45) is 0. The van der Waals surface area contributed by atoms with E-state index in [4.69, 9.17) is 14.2 Å². The lowest BCUT2D eigenvalue weighted by Crippen LogP contribution is -2.23. The first kappa shape index (κ1) is 26.4. The van der Waals surface area contributed by atoms with Crippen molar-refractivity contribution < 1.29 is 23.4 Å². The van der Waals surface area contributed by atoms with Gasteiger partial charge in [-0.1, -0.05) is 6.07 Å². The predicted molar refractivity (Wildman–Crippen MR) is 147 cm³/mol. The van der Waals surface area contributed by atoms with Gasteiger partial charge in [0.15, 0.2) is 17.1 Å². The van der Waals surface area contributed by atoms with Gasteiger partial charge in [0.1, 0.15) is 11.6 Å². The van der Waals surface area contributed by atoms with E-state index in [2.05, 4.69) is 15.3 Å². The van der Waals surface area contributed by atoms with Gasteiger partial charge >= 0.3 is 6.01 Å². The molecule has 3 aromatic carbocycles. The molecule has 0 aliphatic rings. The Morgan fingerprint density at radius 1 is 0.900 bits per heavy atom. The topological polar surface area (TPSA) is 105 Å². The number of methoxy groups -OCH3 is 2. The number of pyridine rings is 1. The van der Waals surface area contributed by atoms with Crippen LogP contribution in [0.1, 0.15) is 21.6 Å². The van der Waals surface area contributed by atoms with Gasteiger partial charge in [-0.2, -0.15) is 9.97 Å². The number of benzene rings is 3. The third-order valence-electron chi connectivity index (χ3n) is 6.23. The highest BCUT2D eigenvalue weighted by Crippen LogP contribution is 2.27. The molecule has 1 amide bonds. The van der Waals surface area contributed by atoms with Crippen LogP contribution in [0.15, 0.2) is 83.7 Å². The summed E-state index contributed by atoms with van der Waals surface area (Å²) >= 11 is 0. The van der Waals surface area contributed by atoms with Crippen LogP contribution in [-0.4, -0.2) is 34.7 Å². The molecule has 0 saturated carbocycles. The summed E-state index contributed by atoms with van der Waals surface area (Å²) in [5.41, 5.74) is 2.40. The molecule has 9 nitrogen and oxygen atoms in total. The molecule has 2 aromatic heterocycles. The zero-order valence-electron chi connectivity index (χ0n) is 22.0. The Bertz CT molecular complexity index is 1750. The fourth-order valence-corrected chi connectivity index (χ4v) is 4.18. The molecule has 5 aromatic rings. The van der Waals surface area contributed by atoms with E-state index in [-0.39, 0.29) is 24.0 Å². The third kappa shape index (κ3) is 5.46. The molecular weight excluding hydrogens is 515 g/mol. The molecule has 0 radical (unpaired) electrons. The molecule has 202 valence electrons. The van der Waals surface area contributed by atoms with Gasteiger partial charge in [-0.3, -0.25) is 14.2 Å². The maximum absolute atomic E-state index is 13.3. The fourth-order valence-electron chi connectivity index (χ4n) is 4.18. The minimum atomic E-state index is -0.394. The van der Waals surface area contributed by atoms with E-state index in [0.29, 0.717) is 45.2 Å². The van der Waals surface area contributed by atoms with Gasteiger partial charge in [0.25, 0.3) is 11.5 Å². The van der Waals surface area contributed by atoms with Gasteiger partial charge in [-0.05, 0) is 79.2 Å². The summed E-state index contributed by atoms with van der Waals surface area (Å²) in [4.78, 5) is 34.6. The number of carbonyl (C=O) groups is 1. The van der Waals surface area contributed by atoms with Crippen molar-refractivity contribution in [2.75, 3.05) is 14.2 Å². The maximum atomic E-state index is 13.3. The van der Waals surface area contributed by atoms with Crippen molar-refractivity contribution >= 4 is 16.9 Å². The number of ether oxygens (including phenoxy) is 3. The second-order valence-corrected chi connectivity index (χ2v) is 8.81. The van der Waals surface area contributed by atoms with E-state index in [0.717, 1.165) is 5.56 Å². The summed E-state index contributed by atoms with van der Waals surface area (Å²) in [6, 6.07) is 20.6. The van der Waals surface area contributed by atoms with Gasteiger partial charge in [0.05, 0.1) is 25.6 Å². The van der Waals surface area contributed by atoms with E-state index in [1.807, 2.05) is 6.07 Å². The van der Waals surface area contributed by atoms with Crippen LogP contribution in [0.2, 0.25) is 0 Å². The van der Waals surface area contributed by atoms with Gasteiger partial charge in [-0.15, -0.1) is 0 Å². The number of fused-ring (bicyclic) bond motifs is 1. The number of aryl methyl sites for hydroxylation is 1. The van der Waals surface area contributed by atoms with Crippen LogP contribution in [0.25, 0.3) is 16.7 Å². The highest BCUT2D eigenvalue weighted by Gasteiger charge is 2.14. The average Bonchev–Trinajstić information content (AvgIpc) is 2.97. The molecule has 0 fully saturated rings. The number of nitrogens with zero attached hydrogens (tertiary/aromatic N) is 3. The van der Waals surface area contributed by atoms with Crippen LogP contribution in [0.4, 0.5) is 4.39 Å². The highest BCUT2D eigenvalue weighted by atomic mass is 19.1. The van der Waals surface area contributed by atoms with E-state index < -0.39 is 5.82 Å². The molecule has 1 N–H and O–H groups in total. The summed E-state index contributed by atoms with van der Waals surface area (Å²) in [5, 5.41) is 3.54. The number of amides is 1. The number of hydrogen-bond acceptors (Lipinski definition) is 7. The first-order chi connectivity index (χ1) is 19.4. The van der Waals surface area contributed by atoms with E-state index in [1.165, 1.54) is 34.9 Å². The lowest BCUT2D eigenvalue weighted by Gasteiger charge is -2.13. The molecule has 0 bridgehead atoms. The Morgan fingerprint density at radius 3 is 2.33 bits per heavy atom. The SMILES string of the molecule is COc1ccc(CNC(=O)c2ccc(-n3c(=O)ccc4c(C)nc(Oc5ccc(F)cc5)nc43)cc2)cc1OC. The van der Waals surface area contributed by atoms with Crippen LogP contribution < -0.4 is 25.1 Å². The smallest absolute Gasteiger partial charge is 0.324 e. The van der Waals surface area contributed by atoms with Crippen molar-refractivity contribution in [2.45, 2.75) is 13.5 Å². The zero-order valence-corrected chi connectivity index (χ0v) is 22.0. The molecular formula is C30H25FN4O5. The lowest BCUT2D eigenvalue weighted by molar-refractivity contribution is 0.0951. The normalized spacial score (nSPS) is 10.8. The number of hydrogen-bond donors (Lipinski definition) is 1. The van der Waals surface area contributed by atoms with Gasteiger partial charge in [-0.25, -0.2) is 4.39 Å². The van der Waals surface area contributed by atoms with Crippen LogP contribution >= 0.6 is 0 Å². The molecule has 0 aliphatic heterocycles. The minimum absolute atomic E-state index is 0.0159. The Kier molecular flexibility index (Phi) is 7.41. The highest BCUT2D eigenvalue weighted by molar-refractivity contribution is 5.94. The Balaban J connectivity index is 1.40. The van der Waals surface area contributed by atoms with Crippen molar-refractivity contribution in [1.82, 2.24) is 19.9 Å².